The lowest BCUT2D eigenvalue weighted by Crippen LogP contribution is -2.49. The summed E-state index contributed by atoms with van der Waals surface area (Å²) >= 11 is 3.23. The molecule has 1 aromatic carbocycles. The summed E-state index contributed by atoms with van der Waals surface area (Å²) in [5.41, 5.74) is 2.35. The summed E-state index contributed by atoms with van der Waals surface area (Å²) in [7, 11) is 0. The smallest absolute Gasteiger partial charge is 0.268 e. The lowest BCUT2D eigenvalue weighted by atomic mass is 10.0. The van der Waals surface area contributed by atoms with Crippen LogP contribution in [0.15, 0.2) is 51.6 Å². The maximum Gasteiger partial charge on any atom is 0.268 e. The Balaban J connectivity index is 1.54. The van der Waals surface area contributed by atoms with E-state index >= 15 is 0 Å². The Morgan fingerprint density at radius 3 is 2.55 bits per heavy atom. The summed E-state index contributed by atoms with van der Waals surface area (Å²) in [6.07, 6.45) is -1.68. The second-order valence-electron chi connectivity index (χ2n) is 7.11. The number of aromatic amines is 1. The van der Waals surface area contributed by atoms with E-state index in [-0.39, 0.29) is 31.1 Å². The molecule has 2 amide bonds. The monoisotopic (exact) mass is 461 g/mol. The van der Waals surface area contributed by atoms with Crippen molar-refractivity contribution in [2.45, 2.75) is 24.7 Å². The number of carbonyl (C=O) groups is 2. The summed E-state index contributed by atoms with van der Waals surface area (Å²) in [6.45, 7) is 0.0647. The maximum absolute atomic E-state index is 13.0. The van der Waals surface area contributed by atoms with Crippen LogP contribution in [0.4, 0.5) is 0 Å². The van der Waals surface area contributed by atoms with Crippen LogP contribution in [0.3, 0.4) is 0 Å². The highest BCUT2D eigenvalue weighted by molar-refractivity contribution is 9.10. The van der Waals surface area contributed by atoms with E-state index in [9.17, 15) is 19.8 Å². The molecule has 3 aromatic rings. The highest BCUT2D eigenvalue weighted by Gasteiger charge is 2.36. The van der Waals surface area contributed by atoms with E-state index in [4.69, 9.17) is 4.42 Å². The van der Waals surface area contributed by atoms with Gasteiger partial charge in [0, 0.05) is 31.6 Å². The van der Waals surface area contributed by atoms with Crippen molar-refractivity contribution in [1.29, 1.82) is 0 Å². The molecule has 0 bridgehead atoms. The number of halogens is 1. The average molecular weight is 462 g/mol. The molecular weight excluding hydrogens is 442 g/mol. The molecule has 0 saturated carbocycles. The van der Waals surface area contributed by atoms with Crippen molar-refractivity contribution in [1.82, 2.24) is 15.2 Å². The number of β-amino-alcohol motifs (C(OH)–C–C–N with tert-alkyl or cyclic N) is 2. The normalized spacial score (nSPS) is 20.2. The van der Waals surface area contributed by atoms with E-state index in [1.54, 1.807) is 12.1 Å². The predicted octanol–water partition coefficient (Wildman–Crippen LogP) is 1.43. The zero-order chi connectivity index (χ0) is 20.5. The number of likely N-dealkylation sites (tertiary alicyclic amines) is 1. The molecule has 8 nitrogen and oxygen atoms in total. The molecule has 0 aliphatic carbocycles. The number of hydrogen-bond acceptors (Lipinski definition) is 5. The van der Waals surface area contributed by atoms with Crippen molar-refractivity contribution in [2.24, 2.45) is 0 Å². The number of amides is 2. The van der Waals surface area contributed by atoms with Crippen LogP contribution >= 0.6 is 15.9 Å². The minimum Gasteiger partial charge on any atom is -0.448 e. The summed E-state index contributed by atoms with van der Waals surface area (Å²) < 4.78 is 5.98. The lowest BCUT2D eigenvalue weighted by molar-refractivity contribution is -0.132. The molecular formula is C20H20BrN3O5. The van der Waals surface area contributed by atoms with Gasteiger partial charge in [-0.1, -0.05) is 30.3 Å². The van der Waals surface area contributed by atoms with Gasteiger partial charge < -0.3 is 29.8 Å². The number of nitrogens with zero attached hydrogens (tertiary/aromatic N) is 1. The fourth-order valence-corrected chi connectivity index (χ4v) is 3.87. The fraction of sp³-hybridized carbons (Fsp3) is 0.300. The Morgan fingerprint density at radius 2 is 1.90 bits per heavy atom. The Hall–Kier alpha value is -2.62. The standard InChI is InChI=1S/C20H20BrN3O5/c21-18-8-12-17(29-18)7-13(22-12)19(27)23-14(6-11-4-2-1-3-5-11)20(28)24-9-15(25)16(26)10-24/h1-5,7-8,14-16,22,25-26H,6,9-10H2,(H,23,27)/t14?,15-,16+. The second kappa shape index (κ2) is 8.02. The first-order valence-corrected chi connectivity index (χ1v) is 9.98. The Bertz CT molecular complexity index is 990. The predicted molar refractivity (Wildman–Crippen MR) is 108 cm³/mol. The Labute approximate surface area is 174 Å². The van der Waals surface area contributed by atoms with Gasteiger partial charge >= 0.3 is 0 Å². The average Bonchev–Trinajstić information content (AvgIpc) is 3.34. The first kappa shape index (κ1) is 19.7. The second-order valence-corrected chi connectivity index (χ2v) is 7.89. The van der Waals surface area contributed by atoms with Gasteiger partial charge in [0.2, 0.25) is 5.91 Å². The molecule has 4 N–H and O–H groups in total. The highest BCUT2D eigenvalue weighted by atomic mass is 79.9. The zero-order valence-electron chi connectivity index (χ0n) is 15.3. The molecule has 0 radical (unpaired) electrons. The molecule has 1 aliphatic rings. The quantitative estimate of drug-likeness (QED) is 0.458. The van der Waals surface area contributed by atoms with Gasteiger partial charge in [0.05, 0.1) is 17.7 Å². The molecule has 29 heavy (non-hydrogen) atoms. The van der Waals surface area contributed by atoms with Crippen LogP contribution in [0.5, 0.6) is 0 Å². The fourth-order valence-electron chi connectivity index (χ4n) is 3.47. The number of H-pyrrole nitrogens is 1. The van der Waals surface area contributed by atoms with Gasteiger partial charge in [-0.3, -0.25) is 9.59 Å². The number of hydrogen-bond donors (Lipinski definition) is 4. The summed E-state index contributed by atoms with van der Waals surface area (Å²) in [4.78, 5) is 30.2. The van der Waals surface area contributed by atoms with Crippen LogP contribution in [0, 0.1) is 0 Å². The third-order valence-electron chi connectivity index (χ3n) is 4.98. The number of rotatable bonds is 5. The number of aliphatic hydroxyl groups excluding tert-OH is 2. The van der Waals surface area contributed by atoms with Crippen LogP contribution in [-0.4, -0.2) is 63.3 Å². The summed E-state index contributed by atoms with van der Waals surface area (Å²) in [6, 6.07) is 11.8. The molecule has 2 aromatic heterocycles. The molecule has 3 atom stereocenters. The summed E-state index contributed by atoms with van der Waals surface area (Å²) in [5.74, 6) is -0.794. The van der Waals surface area contributed by atoms with Gasteiger partial charge in [0.1, 0.15) is 11.7 Å². The zero-order valence-corrected chi connectivity index (χ0v) is 16.9. The van der Waals surface area contributed by atoms with Crippen molar-refractivity contribution in [3.05, 3.63) is 58.4 Å². The SMILES string of the molecule is O=C(NC(Cc1ccccc1)C(=O)N1C[C@@H](O)[C@@H](O)C1)c1cc2oc(Br)cc2[nH]1. The number of furan rings is 1. The highest BCUT2D eigenvalue weighted by Crippen LogP contribution is 2.24. The van der Waals surface area contributed by atoms with Crippen molar-refractivity contribution in [3.63, 3.8) is 0 Å². The maximum atomic E-state index is 13.0. The lowest BCUT2D eigenvalue weighted by Gasteiger charge is -2.24. The third-order valence-corrected chi connectivity index (χ3v) is 5.37. The summed E-state index contributed by atoms with van der Waals surface area (Å²) in [5, 5.41) is 22.3. The van der Waals surface area contributed by atoms with E-state index in [1.807, 2.05) is 30.3 Å². The van der Waals surface area contributed by atoms with Crippen LogP contribution < -0.4 is 5.32 Å². The van der Waals surface area contributed by atoms with Crippen LogP contribution in [0.25, 0.3) is 11.1 Å². The first-order valence-electron chi connectivity index (χ1n) is 9.18. The van der Waals surface area contributed by atoms with E-state index < -0.39 is 24.2 Å². The van der Waals surface area contributed by atoms with Crippen molar-refractivity contribution in [2.75, 3.05) is 13.1 Å². The number of fused-ring (bicyclic) bond motifs is 1. The van der Waals surface area contributed by atoms with Crippen LogP contribution in [-0.2, 0) is 11.2 Å². The number of carbonyl (C=O) groups excluding carboxylic acids is 2. The number of aliphatic hydroxyl groups is 2. The topological polar surface area (TPSA) is 119 Å². The number of nitrogens with one attached hydrogen (secondary N) is 2. The Morgan fingerprint density at radius 1 is 1.21 bits per heavy atom. The molecule has 152 valence electrons. The number of benzene rings is 1. The number of aromatic nitrogens is 1. The minimum atomic E-state index is -0.985. The van der Waals surface area contributed by atoms with Crippen molar-refractivity contribution < 1.29 is 24.2 Å². The molecule has 1 unspecified atom stereocenters. The van der Waals surface area contributed by atoms with Gasteiger partial charge in [0.15, 0.2) is 10.3 Å². The molecule has 4 rings (SSSR count). The van der Waals surface area contributed by atoms with Crippen LogP contribution in [0.2, 0.25) is 0 Å². The van der Waals surface area contributed by atoms with E-state index in [0.717, 1.165) is 5.56 Å². The third kappa shape index (κ3) is 4.21. The van der Waals surface area contributed by atoms with E-state index in [2.05, 4.69) is 26.2 Å². The van der Waals surface area contributed by atoms with Gasteiger partial charge in [-0.2, -0.15) is 0 Å². The van der Waals surface area contributed by atoms with Gasteiger partial charge in [-0.15, -0.1) is 0 Å². The van der Waals surface area contributed by atoms with E-state index in [1.165, 1.54) is 4.90 Å². The van der Waals surface area contributed by atoms with Crippen molar-refractivity contribution >= 4 is 38.8 Å². The van der Waals surface area contributed by atoms with Gasteiger partial charge in [0.25, 0.3) is 5.91 Å². The van der Waals surface area contributed by atoms with Gasteiger partial charge in [-0.25, -0.2) is 0 Å². The first-order chi connectivity index (χ1) is 13.9. The molecule has 1 saturated heterocycles. The molecule has 0 spiro atoms. The minimum absolute atomic E-state index is 0.0324. The Kier molecular flexibility index (Phi) is 5.44. The van der Waals surface area contributed by atoms with Crippen molar-refractivity contribution in [3.8, 4) is 0 Å². The molecule has 9 heteroatoms. The van der Waals surface area contributed by atoms with Gasteiger partial charge in [-0.05, 0) is 21.5 Å². The van der Waals surface area contributed by atoms with E-state index in [0.29, 0.717) is 15.8 Å². The molecule has 1 aliphatic heterocycles. The van der Waals surface area contributed by atoms with Crippen LogP contribution in [0.1, 0.15) is 16.1 Å². The molecule has 1 fully saturated rings. The largest absolute Gasteiger partial charge is 0.448 e. The molecule has 3 heterocycles.